The molecule has 3 atom stereocenters. The van der Waals surface area contributed by atoms with Crippen LogP contribution in [0.5, 0.6) is 0 Å². The summed E-state index contributed by atoms with van der Waals surface area (Å²) in [6.07, 6.45) is 4.41. The van der Waals surface area contributed by atoms with Gasteiger partial charge in [0.05, 0.1) is 6.61 Å². The number of hydrogen-bond donors (Lipinski definition) is 2. The molecule has 0 radical (unpaired) electrons. The highest BCUT2D eigenvalue weighted by atomic mass is 16.5. The van der Waals surface area contributed by atoms with E-state index in [-0.39, 0.29) is 0 Å². The van der Waals surface area contributed by atoms with E-state index in [4.69, 9.17) is 4.74 Å². The molecule has 5 heteroatoms. The molecule has 1 heterocycles. The maximum atomic E-state index is 11.6. The first kappa shape index (κ1) is 14.8. The number of ether oxygens (including phenoxy) is 1. The second kappa shape index (κ2) is 6.20. The maximum absolute atomic E-state index is 11.6. The van der Waals surface area contributed by atoms with Gasteiger partial charge >= 0.3 is 5.97 Å². The second-order valence-corrected chi connectivity index (χ2v) is 5.89. The molecule has 0 amide bonds. The summed E-state index contributed by atoms with van der Waals surface area (Å²) >= 11 is 0. The first-order chi connectivity index (χ1) is 9.09. The molecule has 2 rings (SSSR count). The molecule has 2 fully saturated rings. The molecular weight excluding hydrogens is 244 g/mol. The van der Waals surface area contributed by atoms with Gasteiger partial charge in [-0.25, -0.2) is 0 Å². The number of hydrogen-bond acceptors (Lipinski definition) is 4. The Labute approximate surface area is 115 Å². The Morgan fingerprint density at radius 3 is 2.84 bits per heavy atom. The molecule has 2 N–H and O–H groups in total. The molecule has 3 unspecified atom stereocenters. The normalized spacial score (nSPS) is 35.1. The molecule has 1 aliphatic heterocycles. The number of nitrogens with zero attached hydrogens (tertiary/aromatic N) is 1. The molecule has 1 aliphatic carbocycles. The van der Waals surface area contributed by atoms with Crippen LogP contribution in [0.3, 0.4) is 0 Å². The lowest BCUT2D eigenvalue weighted by molar-refractivity contribution is -0.144. The van der Waals surface area contributed by atoms with Gasteiger partial charge in [0.1, 0.15) is 5.54 Å². The summed E-state index contributed by atoms with van der Waals surface area (Å²) in [5, 5.41) is 12.8. The van der Waals surface area contributed by atoms with Gasteiger partial charge < -0.3 is 15.2 Å². The molecule has 110 valence electrons. The van der Waals surface area contributed by atoms with Gasteiger partial charge in [0.25, 0.3) is 0 Å². The van der Waals surface area contributed by atoms with Crippen molar-refractivity contribution in [2.45, 2.75) is 56.7 Å². The minimum absolute atomic E-state index is 0.354. The number of aliphatic carboxylic acids is 1. The molecular formula is C14H26N2O3. The smallest absolute Gasteiger partial charge is 0.323 e. The quantitative estimate of drug-likeness (QED) is 0.756. The summed E-state index contributed by atoms with van der Waals surface area (Å²) in [5.74, 6) is -0.695. The lowest BCUT2D eigenvalue weighted by atomic mass is 9.97. The van der Waals surface area contributed by atoms with Crippen molar-refractivity contribution in [2.24, 2.45) is 0 Å². The summed E-state index contributed by atoms with van der Waals surface area (Å²) in [4.78, 5) is 14.0. The summed E-state index contributed by atoms with van der Waals surface area (Å²) in [6, 6.07) is 0.813. The van der Waals surface area contributed by atoms with Crippen LogP contribution in [-0.4, -0.2) is 60.4 Å². The van der Waals surface area contributed by atoms with Crippen molar-refractivity contribution in [2.75, 3.05) is 26.8 Å². The van der Waals surface area contributed by atoms with Crippen molar-refractivity contribution in [3.8, 4) is 0 Å². The fraction of sp³-hybridized carbons (Fsp3) is 0.929. The number of rotatable bonds is 6. The van der Waals surface area contributed by atoms with E-state index in [1.807, 2.05) is 0 Å². The topological polar surface area (TPSA) is 61.8 Å². The van der Waals surface area contributed by atoms with E-state index in [0.717, 1.165) is 45.4 Å². The van der Waals surface area contributed by atoms with Gasteiger partial charge in [-0.3, -0.25) is 9.69 Å². The third-order valence-electron chi connectivity index (χ3n) is 4.67. The van der Waals surface area contributed by atoms with Crippen LogP contribution in [0, 0.1) is 0 Å². The molecule has 1 saturated carbocycles. The SMILES string of the molecule is CCCNC1(C(=O)O)CCC(N(C)C2CCOC2)C1. The van der Waals surface area contributed by atoms with Crippen molar-refractivity contribution in [1.82, 2.24) is 10.2 Å². The Kier molecular flexibility index (Phi) is 4.81. The van der Waals surface area contributed by atoms with Crippen molar-refractivity contribution in [3.05, 3.63) is 0 Å². The summed E-state index contributed by atoms with van der Waals surface area (Å²) < 4.78 is 5.43. The molecule has 19 heavy (non-hydrogen) atoms. The second-order valence-electron chi connectivity index (χ2n) is 5.89. The maximum Gasteiger partial charge on any atom is 0.323 e. The zero-order valence-corrected chi connectivity index (χ0v) is 12.0. The highest BCUT2D eigenvalue weighted by Gasteiger charge is 2.47. The molecule has 2 aliphatic rings. The molecule has 0 aromatic heterocycles. The van der Waals surface area contributed by atoms with Crippen molar-refractivity contribution >= 4 is 5.97 Å². The molecule has 0 bridgehead atoms. The molecule has 1 saturated heterocycles. The molecule has 0 aromatic rings. The summed E-state index contributed by atoms with van der Waals surface area (Å²) in [6.45, 7) is 4.46. The van der Waals surface area contributed by atoms with E-state index in [1.54, 1.807) is 0 Å². The minimum Gasteiger partial charge on any atom is -0.480 e. The first-order valence-corrected chi connectivity index (χ1v) is 7.37. The number of nitrogens with one attached hydrogen (secondary N) is 1. The van der Waals surface area contributed by atoms with Gasteiger partial charge in [0.15, 0.2) is 0 Å². The van der Waals surface area contributed by atoms with E-state index < -0.39 is 11.5 Å². The van der Waals surface area contributed by atoms with Crippen LogP contribution in [0.4, 0.5) is 0 Å². The van der Waals surface area contributed by atoms with Gasteiger partial charge in [0.2, 0.25) is 0 Å². The summed E-state index contributed by atoms with van der Waals surface area (Å²) in [5.41, 5.74) is -0.714. The Bertz CT molecular complexity index is 318. The molecule has 0 aromatic carbocycles. The average Bonchev–Trinajstić information content (AvgIpc) is 3.05. The Morgan fingerprint density at radius 1 is 1.47 bits per heavy atom. The van der Waals surface area contributed by atoms with Crippen molar-refractivity contribution < 1.29 is 14.6 Å². The van der Waals surface area contributed by atoms with E-state index >= 15 is 0 Å². The largest absolute Gasteiger partial charge is 0.480 e. The van der Waals surface area contributed by atoms with E-state index in [1.165, 1.54) is 0 Å². The first-order valence-electron chi connectivity index (χ1n) is 7.37. The van der Waals surface area contributed by atoms with Crippen LogP contribution in [0.2, 0.25) is 0 Å². The van der Waals surface area contributed by atoms with Crippen LogP contribution >= 0.6 is 0 Å². The lowest BCUT2D eigenvalue weighted by Crippen LogP contribution is -2.52. The van der Waals surface area contributed by atoms with Crippen LogP contribution in [-0.2, 0) is 9.53 Å². The van der Waals surface area contributed by atoms with Crippen molar-refractivity contribution in [1.29, 1.82) is 0 Å². The number of carboxylic acid groups (broad SMARTS) is 1. The van der Waals surface area contributed by atoms with Gasteiger partial charge in [-0.1, -0.05) is 6.92 Å². The highest BCUT2D eigenvalue weighted by molar-refractivity contribution is 5.79. The monoisotopic (exact) mass is 270 g/mol. The molecule has 5 nitrogen and oxygen atoms in total. The van der Waals surface area contributed by atoms with Crippen molar-refractivity contribution in [3.63, 3.8) is 0 Å². The van der Waals surface area contributed by atoms with Gasteiger partial charge in [-0.15, -0.1) is 0 Å². The predicted octanol–water partition coefficient (Wildman–Crippen LogP) is 1.08. The fourth-order valence-corrected chi connectivity index (χ4v) is 3.30. The van der Waals surface area contributed by atoms with Crippen LogP contribution in [0.15, 0.2) is 0 Å². The minimum atomic E-state index is -0.714. The Balaban J connectivity index is 1.97. The fourth-order valence-electron chi connectivity index (χ4n) is 3.30. The number of carbonyl (C=O) groups is 1. The van der Waals surface area contributed by atoms with E-state index in [9.17, 15) is 9.90 Å². The highest BCUT2D eigenvalue weighted by Crippen LogP contribution is 2.34. The molecule has 0 spiro atoms. The number of carboxylic acids is 1. The van der Waals surface area contributed by atoms with Crippen LogP contribution < -0.4 is 5.32 Å². The predicted molar refractivity (Wildman–Crippen MR) is 73.3 cm³/mol. The zero-order valence-electron chi connectivity index (χ0n) is 12.0. The summed E-state index contributed by atoms with van der Waals surface area (Å²) in [7, 11) is 2.11. The van der Waals surface area contributed by atoms with Gasteiger partial charge in [-0.2, -0.15) is 0 Å². The third-order valence-corrected chi connectivity index (χ3v) is 4.67. The average molecular weight is 270 g/mol. The van der Waals surface area contributed by atoms with E-state index in [2.05, 4.69) is 24.2 Å². The Hall–Kier alpha value is -0.650. The van der Waals surface area contributed by atoms with Gasteiger partial charge in [-0.05, 0) is 45.7 Å². The third kappa shape index (κ3) is 3.09. The lowest BCUT2D eigenvalue weighted by Gasteiger charge is -2.31. The Morgan fingerprint density at radius 2 is 2.26 bits per heavy atom. The van der Waals surface area contributed by atoms with Crippen LogP contribution in [0.25, 0.3) is 0 Å². The zero-order chi connectivity index (χ0) is 13.9. The van der Waals surface area contributed by atoms with Crippen LogP contribution in [0.1, 0.15) is 39.0 Å². The van der Waals surface area contributed by atoms with E-state index in [0.29, 0.717) is 18.5 Å². The van der Waals surface area contributed by atoms with Gasteiger partial charge in [0, 0.05) is 18.7 Å². The number of likely N-dealkylation sites (N-methyl/N-ethyl adjacent to an activating group) is 1. The standard InChI is InChI=1S/C14H26N2O3/c1-3-7-15-14(13(17)18)6-4-11(9-14)16(2)12-5-8-19-10-12/h11-12,15H,3-10H2,1-2H3,(H,17,18).